The molecule has 132 heavy (non-hydrogen) atoms. The van der Waals surface area contributed by atoms with Gasteiger partial charge in [0.2, 0.25) is 0 Å². The van der Waals surface area contributed by atoms with Gasteiger partial charge in [-0.2, -0.15) is 141 Å². The van der Waals surface area contributed by atoms with Gasteiger partial charge in [0.05, 0.1) is 58.6 Å². The van der Waals surface area contributed by atoms with Crippen molar-refractivity contribution in [2.24, 2.45) is 0 Å². The largest absolute Gasteiger partial charge is 0.257 e. The van der Waals surface area contributed by atoms with Crippen molar-refractivity contribution >= 4 is 136 Å². The minimum Gasteiger partial charge on any atom is -0.257 e. The van der Waals surface area contributed by atoms with E-state index in [1.165, 1.54) is 177 Å². The summed E-state index contributed by atoms with van der Waals surface area (Å²) in [5.41, 5.74) is 33.2. The first-order chi connectivity index (χ1) is 62.6. The summed E-state index contributed by atoms with van der Waals surface area (Å²) in [6, 6.07) is 127. The minimum atomic E-state index is 0. The predicted octanol–water partition coefficient (Wildman–Crippen LogP) is 29.6. The molecule has 0 fully saturated rings. The normalized spacial score (nSPS) is 11.2. The Morgan fingerprint density at radius 1 is 0.242 bits per heavy atom. The molecule has 25 rings (SSSR count). The number of pyridine rings is 5. The van der Waals surface area contributed by atoms with Crippen molar-refractivity contribution in [3.05, 3.63) is 421 Å². The van der Waals surface area contributed by atoms with E-state index >= 15 is 0 Å². The molecular formula is C117H91Ir5N10-5. The summed E-state index contributed by atoms with van der Waals surface area (Å²) in [6.07, 6.45) is 9.93. The topological polar surface area (TPSA) is 86.5 Å². The van der Waals surface area contributed by atoms with Crippen molar-refractivity contribution in [3.8, 4) is 55.6 Å². The van der Waals surface area contributed by atoms with Crippen LogP contribution in [-0.2, 0) is 106 Å². The first kappa shape index (κ1) is 92.9. The van der Waals surface area contributed by atoms with Crippen LogP contribution in [-0.4, -0.2) is 48.1 Å². The molecule has 15 aromatic carbocycles. The molecule has 5 radical (unpaired) electrons. The summed E-state index contributed by atoms with van der Waals surface area (Å²) in [4.78, 5) is 0. The molecule has 0 aliphatic carbocycles. The van der Waals surface area contributed by atoms with E-state index in [1.807, 2.05) is 110 Å². The molecule has 0 bridgehead atoms. The first-order valence-electron chi connectivity index (χ1n) is 44.0. The SMILES string of the molecule is Cc1ccc2c(c1)c1ccc[c-]c1n1ncc(-c3c(C)cccc3C)c21.Cc1cccc(C)c1-c1cnn2c3[c-]cc(C(C)(C)C)cc3c3ccccc3c12.Cc1cccc(C)c1-c1cnn2c3[c-]cccc3c3ccccc3c12.[2H]C.[Ir].[Ir].[Ir].[Ir].[Ir].[c-]1cccc2c3ccccc3c3c(-c4ccccc4)cnn3c12.[c-]1cccc2c3ccccc3c3c(-c4ccccc4)cnn3c12. The molecule has 0 unspecified atom stereocenters. The molecule has 0 amide bonds. The van der Waals surface area contributed by atoms with Gasteiger partial charge in [0.15, 0.2) is 0 Å². The number of rotatable bonds is 5. The van der Waals surface area contributed by atoms with E-state index in [1.54, 1.807) is 0 Å². The van der Waals surface area contributed by atoms with Crippen molar-refractivity contribution in [2.75, 3.05) is 0 Å². The number of hydrogen-bond acceptors (Lipinski definition) is 5. The van der Waals surface area contributed by atoms with Crippen molar-refractivity contribution in [1.82, 2.24) is 48.1 Å². The molecule has 0 aliphatic heterocycles. The number of nitrogens with zero attached hydrogens (tertiary/aromatic N) is 10. The summed E-state index contributed by atoms with van der Waals surface area (Å²) >= 11 is 0. The number of benzene rings is 15. The van der Waals surface area contributed by atoms with Gasteiger partial charge in [0.1, 0.15) is 0 Å². The van der Waals surface area contributed by atoms with E-state index in [4.69, 9.17) is 16.7 Å². The zero-order valence-electron chi connectivity index (χ0n) is 75.5. The van der Waals surface area contributed by atoms with E-state index in [9.17, 15) is 0 Å². The number of hydrogen-bond donors (Lipinski definition) is 0. The van der Waals surface area contributed by atoms with E-state index in [2.05, 4.69) is 369 Å². The standard InChI is InChI=1S/C27H25N2.C24H19N2.C23H17N2.2C21H13N2.CH4.5Ir/c1-17-9-8-10-18(2)25(17)23-16-28-29-24-14-13-19(27(3,4)5)15-22(24)20-11-6-7-12-21(20)26(23)29;1-15-11-12-19-20(13-15)18-9-4-5-10-22(18)26-24(19)21(14-25-26)23-16(2)7-6-8-17(23)3;1-15-8-7-9-16(2)22(15)20-14-24-25-21-13-6-5-11-18(21)17-10-3-4-12-19(17)23(20)25;2*1-2-8-15(9-3-1)19-14-22-23-20-13-7-6-11-17(20)16-10-4-5-12-18(16)21(19)23;;;;;;/h6-13,15-16H,1-5H3;4-9,11-14H,1-3H3;3-12,14H,1-2H3;2*1-12,14H;1H4;;;;;/q5*-1;;;;;;/i;;;;;1D;;;;;. The van der Waals surface area contributed by atoms with Crippen LogP contribution in [0, 0.1) is 78.8 Å². The molecule has 659 valence electrons. The quantitative estimate of drug-likeness (QED) is 0.127. The van der Waals surface area contributed by atoms with Crippen LogP contribution in [0.25, 0.3) is 192 Å². The summed E-state index contributed by atoms with van der Waals surface area (Å²) in [7, 11) is 1.25. The molecule has 10 aromatic heterocycles. The predicted molar refractivity (Wildman–Crippen MR) is 531 cm³/mol. The molecule has 15 heteroatoms. The van der Waals surface area contributed by atoms with Crippen LogP contribution < -0.4 is 0 Å². The van der Waals surface area contributed by atoms with Crippen molar-refractivity contribution in [1.29, 1.82) is 0 Å². The number of fused-ring (bicyclic) bond motifs is 30. The minimum absolute atomic E-state index is 0. The van der Waals surface area contributed by atoms with Crippen molar-refractivity contribution in [2.45, 2.75) is 82.1 Å². The molecule has 10 heterocycles. The molecule has 0 aliphatic rings. The Bertz CT molecular complexity index is 8400. The van der Waals surface area contributed by atoms with Crippen LogP contribution in [0.4, 0.5) is 0 Å². The fraction of sp³-hybridized carbons (Fsp3) is 0.103. The Morgan fingerprint density at radius 3 is 0.803 bits per heavy atom. The molecular weight excluding hydrogens is 2510 g/mol. The van der Waals surface area contributed by atoms with Gasteiger partial charge in [-0.05, 0) is 164 Å². The van der Waals surface area contributed by atoms with Crippen LogP contribution in [0.1, 0.15) is 74.1 Å². The summed E-state index contributed by atoms with van der Waals surface area (Å²) in [5, 5.41) is 42.0. The first-order valence-corrected chi connectivity index (χ1v) is 43.0. The van der Waals surface area contributed by atoms with Crippen LogP contribution in [0.5, 0.6) is 0 Å². The van der Waals surface area contributed by atoms with Gasteiger partial charge >= 0.3 is 0 Å². The number of para-hydroxylation sites is 4. The smallest absolute Gasteiger partial charge is 0.0790 e. The van der Waals surface area contributed by atoms with Crippen molar-refractivity contribution in [3.63, 3.8) is 0 Å². The van der Waals surface area contributed by atoms with Crippen LogP contribution in [0.2, 0.25) is 0 Å². The maximum atomic E-state index is 5.75. The van der Waals surface area contributed by atoms with Gasteiger partial charge in [0, 0.05) is 130 Å². The van der Waals surface area contributed by atoms with Gasteiger partial charge in [-0.15, -0.1) is 32.5 Å². The number of aryl methyl sites for hydroxylation is 7. The fourth-order valence-electron chi connectivity index (χ4n) is 19.2. The zero-order valence-corrected chi connectivity index (χ0v) is 86.5. The molecule has 25 aromatic rings. The Morgan fingerprint density at radius 2 is 0.492 bits per heavy atom. The summed E-state index contributed by atoms with van der Waals surface area (Å²) < 4.78 is 15.9. The van der Waals surface area contributed by atoms with E-state index < -0.39 is 0 Å². The van der Waals surface area contributed by atoms with E-state index in [0.29, 0.717) is 0 Å². The second-order valence-electron chi connectivity index (χ2n) is 34.0. The van der Waals surface area contributed by atoms with Gasteiger partial charge in [-0.1, -0.05) is 297 Å². The second-order valence-corrected chi connectivity index (χ2v) is 34.0. The van der Waals surface area contributed by atoms with E-state index in [0.717, 1.165) is 66.3 Å². The van der Waals surface area contributed by atoms with Gasteiger partial charge in [-0.25, -0.2) is 0 Å². The van der Waals surface area contributed by atoms with Crippen LogP contribution >= 0.6 is 0 Å². The molecule has 0 spiro atoms. The number of aromatic nitrogens is 10. The Hall–Kier alpha value is -12.4. The molecule has 0 N–H and O–H groups in total. The van der Waals surface area contributed by atoms with Gasteiger partial charge in [0.25, 0.3) is 0 Å². The third-order valence-electron chi connectivity index (χ3n) is 25.1. The zero-order chi connectivity index (χ0) is 87.6. The second kappa shape index (κ2) is 39.2. The Balaban J connectivity index is 0.000000125. The van der Waals surface area contributed by atoms with Gasteiger partial charge < -0.3 is 0 Å². The maximum absolute atomic E-state index is 5.75. The van der Waals surface area contributed by atoms with Crippen molar-refractivity contribution < 1.29 is 102 Å². The third kappa shape index (κ3) is 16.6. The summed E-state index contributed by atoms with van der Waals surface area (Å²) in [6.45, 7) is 21.9. The Labute approximate surface area is 836 Å². The van der Waals surface area contributed by atoms with Gasteiger partial charge in [-0.3, -0.25) is 22.6 Å². The monoisotopic (exact) mass is 2600 g/mol. The third-order valence-corrected chi connectivity index (χ3v) is 25.1. The average Bonchev–Trinajstić information content (AvgIpc) is 1.70. The molecule has 0 atom stereocenters. The molecule has 10 nitrogen and oxygen atoms in total. The maximum Gasteiger partial charge on any atom is 0.0790 e. The fourth-order valence-corrected chi connectivity index (χ4v) is 19.2. The molecule has 0 saturated heterocycles. The Kier molecular flexibility index (Phi) is 27.6. The summed E-state index contributed by atoms with van der Waals surface area (Å²) in [5.74, 6) is 0. The van der Waals surface area contributed by atoms with Crippen LogP contribution in [0.3, 0.4) is 0 Å². The van der Waals surface area contributed by atoms with Crippen LogP contribution in [0.15, 0.2) is 346 Å². The van der Waals surface area contributed by atoms with E-state index in [-0.39, 0.29) is 106 Å². The average molecular weight is 2600 g/mol. The molecule has 0 saturated carbocycles.